The van der Waals surface area contributed by atoms with Crippen LogP contribution in [0.4, 0.5) is 0 Å². The van der Waals surface area contributed by atoms with E-state index in [1.54, 1.807) is 0 Å². The van der Waals surface area contributed by atoms with Gasteiger partial charge in [0, 0.05) is 12.5 Å². The van der Waals surface area contributed by atoms with Gasteiger partial charge in [-0.2, -0.15) is 0 Å². The highest BCUT2D eigenvalue weighted by Crippen LogP contribution is 2.49. The summed E-state index contributed by atoms with van der Waals surface area (Å²) in [6, 6.07) is 0. The fourth-order valence-electron chi connectivity index (χ4n) is 1.95. The lowest BCUT2D eigenvalue weighted by Crippen LogP contribution is -2.23. The van der Waals surface area contributed by atoms with E-state index in [1.807, 2.05) is 0 Å². The van der Waals surface area contributed by atoms with E-state index < -0.39 is 0 Å². The minimum Gasteiger partial charge on any atom is -0.393 e. The summed E-state index contributed by atoms with van der Waals surface area (Å²) in [6.07, 6.45) is 4.54. The van der Waals surface area contributed by atoms with E-state index in [1.165, 1.54) is 12.8 Å². The Labute approximate surface area is 73.9 Å². The maximum absolute atomic E-state index is 9.84. The summed E-state index contributed by atoms with van der Waals surface area (Å²) in [4.78, 5) is 0. The molecule has 2 heteroatoms. The van der Waals surface area contributed by atoms with Crippen molar-refractivity contribution in [2.75, 3.05) is 13.2 Å². The average molecular weight is 170 g/mol. The quantitative estimate of drug-likeness (QED) is 0.696. The van der Waals surface area contributed by atoms with Gasteiger partial charge in [-0.15, -0.1) is 0 Å². The standard InChI is InChI=1S/C10H18O2/c1-10(3-4-10)6-9(11)8-2-5-12-7-8/h8-9,11H,2-7H2,1H3. The van der Waals surface area contributed by atoms with E-state index in [9.17, 15) is 5.11 Å². The van der Waals surface area contributed by atoms with Crippen LogP contribution >= 0.6 is 0 Å². The molecule has 0 amide bonds. The van der Waals surface area contributed by atoms with E-state index in [0.29, 0.717) is 11.3 Å². The van der Waals surface area contributed by atoms with Gasteiger partial charge in [-0.1, -0.05) is 6.92 Å². The second-order valence-electron chi connectivity index (χ2n) is 4.71. The molecule has 1 heterocycles. The molecule has 1 saturated heterocycles. The Morgan fingerprint density at radius 3 is 2.83 bits per heavy atom. The third kappa shape index (κ3) is 1.80. The van der Waals surface area contributed by atoms with Crippen LogP contribution in [0.1, 0.15) is 32.6 Å². The smallest absolute Gasteiger partial charge is 0.0596 e. The van der Waals surface area contributed by atoms with Gasteiger partial charge in [-0.05, 0) is 31.1 Å². The molecule has 0 spiro atoms. The van der Waals surface area contributed by atoms with Crippen molar-refractivity contribution in [2.24, 2.45) is 11.3 Å². The zero-order chi connectivity index (χ0) is 8.60. The van der Waals surface area contributed by atoms with Crippen LogP contribution in [0.5, 0.6) is 0 Å². The lowest BCUT2D eigenvalue weighted by molar-refractivity contribution is 0.0693. The first kappa shape index (κ1) is 8.52. The molecule has 12 heavy (non-hydrogen) atoms. The molecule has 2 atom stereocenters. The number of aliphatic hydroxyl groups excluding tert-OH is 1. The van der Waals surface area contributed by atoms with E-state index in [0.717, 1.165) is 26.1 Å². The van der Waals surface area contributed by atoms with Crippen molar-refractivity contribution in [2.45, 2.75) is 38.7 Å². The highest BCUT2D eigenvalue weighted by atomic mass is 16.5. The van der Waals surface area contributed by atoms with Gasteiger partial charge < -0.3 is 9.84 Å². The molecular formula is C10H18O2. The number of hydrogen-bond acceptors (Lipinski definition) is 2. The maximum Gasteiger partial charge on any atom is 0.0596 e. The highest BCUT2D eigenvalue weighted by molar-refractivity contribution is 4.92. The van der Waals surface area contributed by atoms with Gasteiger partial charge in [0.05, 0.1) is 12.7 Å². The van der Waals surface area contributed by atoms with Crippen LogP contribution < -0.4 is 0 Å². The first-order chi connectivity index (χ1) is 5.70. The molecule has 0 aromatic rings. The third-order valence-electron chi connectivity index (χ3n) is 3.31. The molecule has 70 valence electrons. The van der Waals surface area contributed by atoms with E-state index in [-0.39, 0.29) is 6.10 Å². The monoisotopic (exact) mass is 170 g/mol. The predicted molar refractivity (Wildman–Crippen MR) is 46.9 cm³/mol. The van der Waals surface area contributed by atoms with Crippen molar-refractivity contribution in [3.63, 3.8) is 0 Å². The van der Waals surface area contributed by atoms with E-state index in [4.69, 9.17) is 4.74 Å². The first-order valence-corrected chi connectivity index (χ1v) is 4.95. The number of rotatable bonds is 3. The average Bonchev–Trinajstić information content (AvgIpc) is 2.55. The molecule has 2 nitrogen and oxygen atoms in total. The molecule has 1 N–H and O–H groups in total. The summed E-state index contributed by atoms with van der Waals surface area (Å²) in [7, 11) is 0. The largest absolute Gasteiger partial charge is 0.393 e. The van der Waals surface area contributed by atoms with Crippen molar-refractivity contribution in [1.82, 2.24) is 0 Å². The van der Waals surface area contributed by atoms with E-state index >= 15 is 0 Å². The summed E-state index contributed by atoms with van der Waals surface area (Å²) >= 11 is 0. The molecule has 2 unspecified atom stereocenters. The Bertz CT molecular complexity index is 157. The predicted octanol–water partition coefficient (Wildman–Crippen LogP) is 1.57. The van der Waals surface area contributed by atoms with Gasteiger partial charge in [0.15, 0.2) is 0 Å². The highest BCUT2D eigenvalue weighted by Gasteiger charge is 2.40. The number of hydrogen-bond donors (Lipinski definition) is 1. The summed E-state index contributed by atoms with van der Waals surface area (Å²) in [5.41, 5.74) is 0.474. The fourth-order valence-corrected chi connectivity index (χ4v) is 1.95. The Hall–Kier alpha value is -0.0800. The lowest BCUT2D eigenvalue weighted by Gasteiger charge is -2.19. The molecule has 2 fully saturated rings. The van der Waals surface area contributed by atoms with Crippen molar-refractivity contribution in [1.29, 1.82) is 0 Å². The SMILES string of the molecule is CC1(CC(O)C2CCOC2)CC1. The molecule has 0 aromatic carbocycles. The van der Waals surface area contributed by atoms with Crippen LogP contribution in [0, 0.1) is 11.3 Å². The molecule has 1 saturated carbocycles. The van der Waals surface area contributed by atoms with Crippen molar-refractivity contribution in [3.05, 3.63) is 0 Å². The summed E-state index contributed by atoms with van der Waals surface area (Å²) in [5.74, 6) is 0.419. The van der Waals surface area contributed by atoms with Crippen molar-refractivity contribution >= 4 is 0 Å². The van der Waals surface area contributed by atoms with Crippen LogP contribution in [0.15, 0.2) is 0 Å². The lowest BCUT2D eigenvalue weighted by atomic mass is 9.91. The summed E-state index contributed by atoms with van der Waals surface area (Å²) in [6.45, 7) is 3.89. The molecule has 0 bridgehead atoms. The van der Waals surface area contributed by atoms with E-state index in [2.05, 4.69) is 6.92 Å². The van der Waals surface area contributed by atoms with Gasteiger partial charge >= 0.3 is 0 Å². The molecular weight excluding hydrogens is 152 g/mol. The summed E-state index contributed by atoms with van der Waals surface area (Å²) in [5, 5.41) is 9.84. The minimum absolute atomic E-state index is 0.111. The normalized spacial score (nSPS) is 35.0. The third-order valence-corrected chi connectivity index (χ3v) is 3.31. The van der Waals surface area contributed by atoms with Gasteiger partial charge in [-0.3, -0.25) is 0 Å². The second kappa shape index (κ2) is 3.00. The van der Waals surface area contributed by atoms with Crippen molar-refractivity contribution in [3.8, 4) is 0 Å². The molecule has 1 aliphatic carbocycles. The van der Waals surface area contributed by atoms with Gasteiger partial charge in [0.2, 0.25) is 0 Å². The Morgan fingerprint density at radius 1 is 1.58 bits per heavy atom. The molecule has 2 rings (SSSR count). The zero-order valence-corrected chi connectivity index (χ0v) is 7.75. The van der Waals surface area contributed by atoms with Crippen LogP contribution in [0.2, 0.25) is 0 Å². The minimum atomic E-state index is -0.111. The molecule has 0 aromatic heterocycles. The van der Waals surface area contributed by atoms with Crippen LogP contribution in [-0.2, 0) is 4.74 Å². The Kier molecular flexibility index (Phi) is 2.13. The van der Waals surface area contributed by atoms with Gasteiger partial charge in [-0.25, -0.2) is 0 Å². The van der Waals surface area contributed by atoms with Crippen LogP contribution in [0.3, 0.4) is 0 Å². The van der Waals surface area contributed by atoms with Gasteiger partial charge in [0.25, 0.3) is 0 Å². The zero-order valence-electron chi connectivity index (χ0n) is 7.75. The Morgan fingerprint density at radius 2 is 2.33 bits per heavy atom. The number of ether oxygens (including phenoxy) is 1. The van der Waals surface area contributed by atoms with Gasteiger partial charge in [0.1, 0.15) is 0 Å². The topological polar surface area (TPSA) is 29.5 Å². The van der Waals surface area contributed by atoms with Crippen LogP contribution in [0.25, 0.3) is 0 Å². The number of aliphatic hydroxyl groups is 1. The van der Waals surface area contributed by atoms with Crippen LogP contribution in [-0.4, -0.2) is 24.4 Å². The molecule has 0 radical (unpaired) electrons. The fraction of sp³-hybridized carbons (Fsp3) is 1.00. The molecule has 2 aliphatic rings. The van der Waals surface area contributed by atoms with Crippen molar-refractivity contribution < 1.29 is 9.84 Å². The molecule has 1 aliphatic heterocycles. The Balaban J connectivity index is 1.79. The summed E-state index contributed by atoms with van der Waals surface area (Å²) < 4.78 is 5.25. The second-order valence-corrected chi connectivity index (χ2v) is 4.71. The maximum atomic E-state index is 9.84. The first-order valence-electron chi connectivity index (χ1n) is 4.95.